The fraction of sp³-hybridized carbons (Fsp3) is 0.698. The van der Waals surface area contributed by atoms with Crippen LogP contribution in [0.2, 0.25) is 10.0 Å². The van der Waals surface area contributed by atoms with E-state index in [-0.39, 0.29) is 82.7 Å². The van der Waals surface area contributed by atoms with Crippen LogP contribution >= 0.6 is 23.2 Å². The first-order chi connectivity index (χ1) is 29.1. The predicted octanol–water partition coefficient (Wildman–Crippen LogP) is 4.88. The zero-order valence-electron chi connectivity index (χ0n) is 36.5. The second kappa shape index (κ2) is 22.0. The van der Waals surface area contributed by atoms with Crippen molar-refractivity contribution in [1.82, 2.24) is 35.6 Å². The largest absolute Gasteiger partial charge is 0.403 e. The van der Waals surface area contributed by atoms with Gasteiger partial charge in [-0.2, -0.15) is 13.2 Å². The predicted molar refractivity (Wildman–Crippen MR) is 228 cm³/mol. The van der Waals surface area contributed by atoms with E-state index in [9.17, 15) is 46.7 Å². The average molecular weight is 917 g/mol. The standard InChI is InChI=1S/C43H62Cl2F3N7O7/c1-7-30-39(60)52(4)20-12-9-14-32(37(58)51-31(22-26(2)3)40(61)54(6)34(38(59)50-30)24-27-23-28(44)16-17-29(27)45)53(5)35(56)25-49-36(57)33-15-13-21-55(33)41(62)42(43(46,47)48)18-10-8-11-19-42/h16-17,23,26,30-34H,7-15,18-22,24-25H2,1-6H3,(H,49,57)(H,50,59)(H,51,58)/t30-,31+,32+,33+,34+/m1/s1. The molecule has 0 aromatic heterocycles. The van der Waals surface area contributed by atoms with Gasteiger partial charge in [0, 0.05) is 50.7 Å². The molecule has 3 aliphatic rings. The molecule has 0 spiro atoms. The van der Waals surface area contributed by atoms with Gasteiger partial charge in [0.2, 0.25) is 41.4 Å². The first kappa shape index (κ1) is 50.5. The van der Waals surface area contributed by atoms with Gasteiger partial charge in [-0.1, -0.05) is 63.2 Å². The minimum atomic E-state index is -4.78. The van der Waals surface area contributed by atoms with Crippen molar-refractivity contribution in [3.8, 4) is 0 Å². The zero-order valence-corrected chi connectivity index (χ0v) is 38.1. The van der Waals surface area contributed by atoms with Gasteiger partial charge < -0.3 is 35.6 Å². The van der Waals surface area contributed by atoms with E-state index in [4.69, 9.17) is 23.2 Å². The molecule has 3 N–H and O–H groups in total. The summed E-state index contributed by atoms with van der Waals surface area (Å²) < 4.78 is 43.3. The Labute approximate surface area is 372 Å². The van der Waals surface area contributed by atoms with Crippen molar-refractivity contribution in [2.75, 3.05) is 40.8 Å². The lowest BCUT2D eigenvalue weighted by molar-refractivity contribution is -0.236. The molecular formula is C43H62Cl2F3N7O7. The first-order valence-corrected chi connectivity index (χ1v) is 22.4. The van der Waals surface area contributed by atoms with E-state index in [1.165, 1.54) is 23.9 Å². The van der Waals surface area contributed by atoms with Gasteiger partial charge >= 0.3 is 6.18 Å². The van der Waals surface area contributed by atoms with Gasteiger partial charge in [0.1, 0.15) is 35.6 Å². The highest BCUT2D eigenvalue weighted by Gasteiger charge is 2.62. The van der Waals surface area contributed by atoms with Crippen molar-refractivity contribution >= 4 is 64.6 Å². The Bertz CT molecular complexity index is 1810. The molecule has 62 heavy (non-hydrogen) atoms. The molecule has 346 valence electrons. The molecule has 2 saturated heterocycles. The third kappa shape index (κ3) is 12.1. The number of hydrogen-bond donors (Lipinski definition) is 3. The molecule has 1 saturated carbocycles. The van der Waals surface area contributed by atoms with E-state index in [1.54, 1.807) is 32.2 Å². The summed E-state index contributed by atoms with van der Waals surface area (Å²) in [4.78, 5) is 102. The van der Waals surface area contributed by atoms with E-state index in [0.717, 1.165) is 9.80 Å². The Morgan fingerprint density at radius 1 is 0.903 bits per heavy atom. The number of likely N-dealkylation sites (tertiary alicyclic amines) is 1. The minimum Gasteiger partial charge on any atom is -0.345 e. The second-order valence-electron chi connectivity index (χ2n) is 17.4. The lowest BCUT2D eigenvalue weighted by Gasteiger charge is -2.41. The molecule has 0 bridgehead atoms. The molecule has 2 heterocycles. The summed E-state index contributed by atoms with van der Waals surface area (Å²) in [7, 11) is 4.39. The van der Waals surface area contributed by atoms with Crippen molar-refractivity contribution in [3.63, 3.8) is 0 Å². The van der Waals surface area contributed by atoms with Crippen LogP contribution in [0, 0.1) is 11.3 Å². The molecule has 1 aromatic rings. The minimum absolute atomic E-state index is 0.0179. The van der Waals surface area contributed by atoms with Gasteiger partial charge in [0.15, 0.2) is 0 Å². The molecule has 14 nitrogen and oxygen atoms in total. The number of carbonyl (C=O) groups is 7. The maximum Gasteiger partial charge on any atom is 0.403 e. The Morgan fingerprint density at radius 2 is 1.56 bits per heavy atom. The van der Waals surface area contributed by atoms with Gasteiger partial charge in [-0.15, -0.1) is 0 Å². The number of halogens is 5. The van der Waals surface area contributed by atoms with Crippen LogP contribution in [0.15, 0.2) is 18.2 Å². The Kier molecular flexibility index (Phi) is 17.9. The van der Waals surface area contributed by atoms with Crippen LogP contribution in [0.25, 0.3) is 0 Å². The fourth-order valence-corrected chi connectivity index (χ4v) is 9.14. The van der Waals surface area contributed by atoms with Crippen molar-refractivity contribution < 1.29 is 46.7 Å². The lowest BCUT2D eigenvalue weighted by atomic mass is 9.72. The molecule has 3 fully saturated rings. The molecule has 5 atom stereocenters. The van der Waals surface area contributed by atoms with E-state index in [2.05, 4.69) is 16.0 Å². The monoisotopic (exact) mass is 915 g/mol. The Balaban J connectivity index is 1.58. The molecular weight excluding hydrogens is 854 g/mol. The number of nitrogens with one attached hydrogen (secondary N) is 3. The molecule has 1 aliphatic carbocycles. The summed E-state index contributed by atoms with van der Waals surface area (Å²) in [5.41, 5.74) is -2.08. The Morgan fingerprint density at radius 3 is 2.19 bits per heavy atom. The number of amides is 7. The van der Waals surface area contributed by atoms with Gasteiger partial charge in [-0.05, 0) is 87.5 Å². The second-order valence-corrected chi connectivity index (χ2v) is 18.2. The Hall–Kier alpha value is -4.12. The van der Waals surface area contributed by atoms with Crippen LogP contribution in [0.4, 0.5) is 13.2 Å². The van der Waals surface area contributed by atoms with Crippen molar-refractivity contribution in [1.29, 1.82) is 0 Å². The van der Waals surface area contributed by atoms with Crippen LogP contribution in [-0.2, 0) is 40.0 Å². The molecule has 2 aliphatic heterocycles. The van der Waals surface area contributed by atoms with Gasteiger partial charge in [-0.3, -0.25) is 33.6 Å². The van der Waals surface area contributed by atoms with Gasteiger partial charge in [0.05, 0.1) is 6.54 Å². The molecule has 19 heteroatoms. The smallest absolute Gasteiger partial charge is 0.345 e. The number of hydrogen-bond acceptors (Lipinski definition) is 7. The fourth-order valence-electron chi connectivity index (χ4n) is 8.75. The summed E-state index contributed by atoms with van der Waals surface area (Å²) in [5.74, 6) is -4.93. The number of carbonyl (C=O) groups excluding carboxylic acids is 7. The van der Waals surface area contributed by atoms with Gasteiger partial charge in [-0.25, -0.2) is 0 Å². The number of likely N-dealkylation sites (N-methyl/N-ethyl adjacent to an activating group) is 3. The number of alkyl halides is 3. The topological polar surface area (TPSA) is 169 Å². The highest BCUT2D eigenvalue weighted by atomic mass is 35.5. The van der Waals surface area contributed by atoms with E-state index in [1.807, 2.05) is 13.8 Å². The number of nitrogens with zero attached hydrogens (tertiary/aromatic N) is 4. The summed E-state index contributed by atoms with van der Waals surface area (Å²) in [6.45, 7) is 5.10. The van der Waals surface area contributed by atoms with E-state index < -0.39 is 83.8 Å². The van der Waals surface area contributed by atoms with Gasteiger partial charge in [0.25, 0.3) is 0 Å². The number of rotatable bonds is 10. The quantitative estimate of drug-likeness (QED) is 0.301. The van der Waals surface area contributed by atoms with E-state index in [0.29, 0.717) is 41.3 Å². The highest BCUT2D eigenvalue weighted by Crippen LogP contribution is 2.51. The summed E-state index contributed by atoms with van der Waals surface area (Å²) >= 11 is 12.8. The van der Waals surface area contributed by atoms with Crippen LogP contribution in [0.1, 0.15) is 103 Å². The molecule has 1 aromatic carbocycles. The SMILES string of the molecule is CC[C@H]1NC(=O)[C@H](Cc2cc(Cl)ccc2Cl)N(C)C(=O)[C@H](CC(C)C)NC(=O)[C@@H](N(C)C(=O)CNC(=O)[C@@H]2CCCN2C(=O)C2(C(F)(F)F)CCCCC2)CCCCN(C)C1=O. The summed E-state index contributed by atoms with van der Waals surface area (Å²) in [6.07, 6.45) is -2.70. The maximum absolute atomic E-state index is 14.4. The molecule has 4 rings (SSSR count). The summed E-state index contributed by atoms with van der Waals surface area (Å²) in [6, 6.07) is -0.863. The van der Waals surface area contributed by atoms with Crippen LogP contribution in [0.5, 0.6) is 0 Å². The van der Waals surface area contributed by atoms with Crippen LogP contribution in [-0.4, -0.2) is 138 Å². The van der Waals surface area contributed by atoms with Crippen LogP contribution in [0.3, 0.4) is 0 Å². The highest BCUT2D eigenvalue weighted by molar-refractivity contribution is 6.33. The first-order valence-electron chi connectivity index (χ1n) is 21.6. The van der Waals surface area contributed by atoms with Crippen molar-refractivity contribution in [2.24, 2.45) is 11.3 Å². The van der Waals surface area contributed by atoms with E-state index >= 15 is 0 Å². The normalized spacial score (nSPS) is 24.8. The molecule has 7 amide bonds. The van der Waals surface area contributed by atoms with Crippen LogP contribution < -0.4 is 16.0 Å². The molecule has 0 radical (unpaired) electrons. The lowest BCUT2D eigenvalue weighted by Crippen LogP contribution is -2.60. The third-order valence-corrected chi connectivity index (χ3v) is 13.1. The van der Waals surface area contributed by atoms with Crippen molar-refractivity contribution in [2.45, 2.75) is 141 Å². The average Bonchev–Trinajstić information content (AvgIpc) is 3.72. The third-order valence-electron chi connectivity index (χ3n) is 12.5. The summed E-state index contributed by atoms with van der Waals surface area (Å²) in [5, 5.41) is 8.82. The maximum atomic E-state index is 14.4. The number of benzene rings is 1. The zero-order chi connectivity index (χ0) is 46.1. The van der Waals surface area contributed by atoms with Crippen molar-refractivity contribution in [3.05, 3.63) is 33.8 Å². The molecule has 0 unspecified atom stereocenters.